The summed E-state index contributed by atoms with van der Waals surface area (Å²) in [6, 6.07) is 7.89. The molecule has 1 aliphatic heterocycles. The van der Waals surface area contributed by atoms with Crippen molar-refractivity contribution in [2.24, 2.45) is 0 Å². The molecule has 0 spiro atoms. The molecule has 1 aliphatic rings. The Morgan fingerprint density at radius 1 is 1.48 bits per heavy atom. The molecule has 1 amide bonds. The standard InChI is InChI=1S/C19H25N3O3/c1-4-25-18-6-5-14(2)11-17(18)15(3)21-13-16(12-20)19(23)22-7-9-24-10-8-22/h5-6,11,13,15,21H,4,7-10H2,1-3H3/b16-13-. The van der Waals surface area contributed by atoms with Crippen LogP contribution in [0.3, 0.4) is 0 Å². The van der Waals surface area contributed by atoms with Crippen molar-refractivity contribution in [2.75, 3.05) is 32.9 Å². The maximum absolute atomic E-state index is 12.4. The molecule has 0 aromatic heterocycles. The summed E-state index contributed by atoms with van der Waals surface area (Å²) in [5.41, 5.74) is 2.22. The number of benzene rings is 1. The van der Waals surface area contributed by atoms with Gasteiger partial charge >= 0.3 is 0 Å². The summed E-state index contributed by atoms with van der Waals surface area (Å²) >= 11 is 0. The first kappa shape index (κ1) is 18.8. The highest BCUT2D eigenvalue weighted by molar-refractivity contribution is 5.97. The monoisotopic (exact) mass is 343 g/mol. The van der Waals surface area contributed by atoms with Gasteiger partial charge in [0.1, 0.15) is 17.4 Å². The smallest absolute Gasteiger partial charge is 0.266 e. The number of hydrogen-bond donors (Lipinski definition) is 1. The number of hydrogen-bond acceptors (Lipinski definition) is 5. The minimum Gasteiger partial charge on any atom is -0.494 e. The van der Waals surface area contributed by atoms with Crippen LogP contribution in [0.4, 0.5) is 0 Å². The van der Waals surface area contributed by atoms with Crippen molar-refractivity contribution in [2.45, 2.75) is 26.8 Å². The van der Waals surface area contributed by atoms with Crippen LogP contribution in [0.2, 0.25) is 0 Å². The first-order valence-corrected chi connectivity index (χ1v) is 8.53. The number of amides is 1. The summed E-state index contributed by atoms with van der Waals surface area (Å²) in [4.78, 5) is 14.1. The Morgan fingerprint density at radius 2 is 2.20 bits per heavy atom. The number of nitrogens with one attached hydrogen (secondary N) is 1. The van der Waals surface area contributed by atoms with Crippen LogP contribution in [0.5, 0.6) is 5.75 Å². The molecule has 0 saturated carbocycles. The fraction of sp³-hybridized carbons (Fsp3) is 0.474. The molecule has 6 heteroatoms. The van der Waals surface area contributed by atoms with Gasteiger partial charge in [0.05, 0.1) is 25.9 Å². The fourth-order valence-corrected chi connectivity index (χ4v) is 2.67. The van der Waals surface area contributed by atoms with E-state index in [1.54, 1.807) is 4.90 Å². The zero-order valence-electron chi connectivity index (χ0n) is 15.0. The summed E-state index contributed by atoms with van der Waals surface area (Å²) in [5.74, 6) is 0.541. The molecule has 6 nitrogen and oxygen atoms in total. The second-order valence-electron chi connectivity index (χ2n) is 5.94. The van der Waals surface area contributed by atoms with E-state index in [0.29, 0.717) is 32.9 Å². The quantitative estimate of drug-likeness (QED) is 0.634. The highest BCUT2D eigenvalue weighted by atomic mass is 16.5. The molecule has 0 bridgehead atoms. The Bertz CT molecular complexity index is 673. The number of carbonyl (C=O) groups is 1. The largest absolute Gasteiger partial charge is 0.494 e. The predicted molar refractivity (Wildman–Crippen MR) is 95.0 cm³/mol. The van der Waals surface area contributed by atoms with E-state index < -0.39 is 0 Å². The van der Waals surface area contributed by atoms with Crippen LogP contribution in [-0.2, 0) is 9.53 Å². The summed E-state index contributed by atoms with van der Waals surface area (Å²) in [5, 5.41) is 12.5. The van der Waals surface area contributed by atoms with Crippen LogP contribution < -0.4 is 10.1 Å². The minimum atomic E-state index is -0.264. The minimum absolute atomic E-state index is 0.0951. The Kier molecular flexibility index (Phi) is 6.84. The van der Waals surface area contributed by atoms with E-state index in [2.05, 4.69) is 5.32 Å². The molecule has 0 radical (unpaired) electrons. The molecule has 1 aromatic rings. The van der Waals surface area contributed by atoms with Crippen molar-refractivity contribution >= 4 is 5.91 Å². The lowest BCUT2D eigenvalue weighted by molar-refractivity contribution is -0.130. The molecule has 134 valence electrons. The first-order chi connectivity index (χ1) is 12.1. The summed E-state index contributed by atoms with van der Waals surface area (Å²) in [6.45, 7) is 8.56. The number of rotatable bonds is 6. The maximum atomic E-state index is 12.4. The van der Waals surface area contributed by atoms with Crippen molar-refractivity contribution in [1.29, 1.82) is 5.26 Å². The van der Waals surface area contributed by atoms with Crippen molar-refractivity contribution in [3.05, 3.63) is 41.1 Å². The van der Waals surface area contributed by atoms with Gasteiger partial charge in [0.15, 0.2) is 0 Å². The van der Waals surface area contributed by atoms with Gasteiger partial charge in [0.2, 0.25) is 0 Å². The molecule has 25 heavy (non-hydrogen) atoms. The lowest BCUT2D eigenvalue weighted by atomic mass is 10.0. The topological polar surface area (TPSA) is 74.6 Å². The third-order valence-electron chi connectivity index (χ3n) is 4.06. The van der Waals surface area contributed by atoms with Gasteiger partial charge in [-0.05, 0) is 26.8 Å². The van der Waals surface area contributed by atoms with E-state index in [0.717, 1.165) is 16.9 Å². The van der Waals surface area contributed by atoms with Gasteiger partial charge in [-0.2, -0.15) is 5.26 Å². The van der Waals surface area contributed by atoms with Gasteiger partial charge in [0, 0.05) is 24.9 Å². The normalized spacial score (nSPS) is 16.1. The van der Waals surface area contributed by atoms with Crippen LogP contribution in [0, 0.1) is 18.3 Å². The van der Waals surface area contributed by atoms with Gasteiger partial charge in [-0.1, -0.05) is 17.7 Å². The molecule has 1 atom stereocenters. The van der Waals surface area contributed by atoms with Crippen LogP contribution in [0.25, 0.3) is 0 Å². The first-order valence-electron chi connectivity index (χ1n) is 8.53. The average molecular weight is 343 g/mol. The van der Waals surface area contributed by atoms with Crippen molar-refractivity contribution < 1.29 is 14.3 Å². The van der Waals surface area contributed by atoms with Crippen LogP contribution in [0.1, 0.15) is 31.0 Å². The van der Waals surface area contributed by atoms with Gasteiger partial charge < -0.3 is 19.7 Å². The van der Waals surface area contributed by atoms with E-state index >= 15 is 0 Å². The highest BCUT2D eigenvalue weighted by Crippen LogP contribution is 2.26. The molecule has 1 fully saturated rings. The van der Waals surface area contributed by atoms with Crippen molar-refractivity contribution in [3.8, 4) is 11.8 Å². The Hall–Kier alpha value is -2.52. The molecule has 0 aliphatic carbocycles. The number of aryl methyl sites for hydroxylation is 1. The third-order valence-corrected chi connectivity index (χ3v) is 4.06. The summed E-state index contributed by atoms with van der Waals surface area (Å²) in [6.07, 6.45) is 1.50. The third kappa shape index (κ3) is 4.97. The second kappa shape index (κ2) is 9.09. The van der Waals surface area contributed by atoms with Gasteiger partial charge in [-0.3, -0.25) is 4.79 Å². The average Bonchev–Trinajstić information content (AvgIpc) is 2.64. The maximum Gasteiger partial charge on any atom is 0.266 e. The summed E-state index contributed by atoms with van der Waals surface area (Å²) < 4.78 is 10.9. The van der Waals surface area contributed by atoms with Crippen LogP contribution >= 0.6 is 0 Å². The summed E-state index contributed by atoms with van der Waals surface area (Å²) in [7, 11) is 0. The van der Waals surface area contributed by atoms with Gasteiger partial charge in [-0.15, -0.1) is 0 Å². The number of nitriles is 1. The van der Waals surface area contributed by atoms with Gasteiger partial charge in [0.25, 0.3) is 5.91 Å². The molecule has 2 rings (SSSR count). The zero-order valence-corrected chi connectivity index (χ0v) is 15.0. The van der Waals surface area contributed by atoms with Crippen LogP contribution in [0.15, 0.2) is 30.0 Å². The van der Waals surface area contributed by atoms with E-state index in [1.165, 1.54) is 6.20 Å². The molecule has 1 unspecified atom stereocenters. The SMILES string of the molecule is CCOc1ccc(C)cc1C(C)N/C=C(/C#N)C(=O)N1CCOCC1. The zero-order chi connectivity index (χ0) is 18.2. The van der Waals surface area contributed by atoms with Crippen molar-refractivity contribution in [3.63, 3.8) is 0 Å². The van der Waals surface area contributed by atoms with E-state index in [4.69, 9.17) is 9.47 Å². The Labute approximate surface area is 149 Å². The van der Waals surface area contributed by atoms with Crippen LogP contribution in [-0.4, -0.2) is 43.7 Å². The second-order valence-corrected chi connectivity index (χ2v) is 5.94. The Morgan fingerprint density at radius 3 is 2.84 bits per heavy atom. The number of ether oxygens (including phenoxy) is 2. The predicted octanol–water partition coefficient (Wildman–Crippen LogP) is 2.31. The molecular weight excluding hydrogens is 318 g/mol. The molecule has 1 saturated heterocycles. The van der Waals surface area contributed by atoms with E-state index in [-0.39, 0.29) is 17.5 Å². The molecule has 1 aromatic carbocycles. The van der Waals surface area contributed by atoms with Gasteiger partial charge in [-0.25, -0.2) is 0 Å². The molecule has 1 N–H and O–H groups in total. The Balaban J connectivity index is 2.11. The lowest BCUT2D eigenvalue weighted by Gasteiger charge is -2.26. The lowest BCUT2D eigenvalue weighted by Crippen LogP contribution is -2.41. The fourth-order valence-electron chi connectivity index (χ4n) is 2.67. The molecule has 1 heterocycles. The molecular formula is C19H25N3O3. The van der Waals surface area contributed by atoms with Crippen molar-refractivity contribution in [1.82, 2.24) is 10.2 Å². The highest BCUT2D eigenvalue weighted by Gasteiger charge is 2.21. The van der Waals surface area contributed by atoms with E-state index in [9.17, 15) is 10.1 Å². The number of nitrogens with zero attached hydrogens (tertiary/aromatic N) is 2. The number of carbonyl (C=O) groups excluding carboxylic acids is 1. The van der Waals surface area contributed by atoms with E-state index in [1.807, 2.05) is 45.0 Å². The number of morpholine rings is 1.